The Kier molecular flexibility index (Phi) is 5.63. The molecule has 0 aliphatic carbocycles. The summed E-state index contributed by atoms with van der Waals surface area (Å²) < 4.78 is 21.5. The lowest BCUT2D eigenvalue weighted by atomic mass is 9.97. The minimum Gasteiger partial charge on any atom is -0.444 e. The molecule has 0 spiro atoms. The Labute approximate surface area is 165 Å². The number of rotatable bonds is 3. The van der Waals surface area contributed by atoms with Crippen molar-refractivity contribution in [2.24, 2.45) is 5.92 Å². The van der Waals surface area contributed by atoms with E-state index in [0.29, 0.717) is 30.3 Å². The summed E-state index contributed by atoms with van der Waals surface area (Å²) >= 11 is 0. The summed E-state index contributed by atoms with van der Waals surface area (Å²) in [6.07, 6.45) is 5.09. The number of amides is 1. The molecular weight excluding hydrogens is 359 g/mol. The Balaban J connectivity index is 1.58. The Morgan fingerprint density at radius 3 is 2.64 bits per heavy atom. The number of likely N-dealkylation sites (tertiary alicyclic amines) is 1. The first-order valence-electron chi connectivity index (χ1n) is 9.69. The van der Waals surface area contributed by atoms with E-state index in [1.54, 1.807) is 17.2 Å². The molecule has 152 valence electrons. The summed E-state index contributed by atoms with van der Waals surface area (Å²) in [6.45, 7) is 9.59. The van der Waals surface area contributed by atoms with Crippen LogP contribution >= 0.6 is 0 Å². The van der Waals surface area contributed by atoms with E-state index < -0.39 is 5.60 Å². The smallest absolute Gasteiger partial charge is 0.410 e. The number of carbonyl (C=O) groups is 1. The minimum atomic E-state index is -0.477. The third-order valence-electron chi connectivity index (χ3n) is 5.01. The first-order valence-corrected chi connectivity index (χ1v) is 9.69. The van der Waals surface area contributed by atoms with E-state index in [0.717, 1.165) is 30.5 Å². The van der Waals surface area contributed by atoms with Crippen molar-refractivity contribution in [2.75, 3.05) is 18.8 Å². The van der Waals surface area contributed by atoms with Crippen molar-refractivity contribution in [1.29, 1.82) is 0 Å². The van der Waals surface area contributed by atoms with Crippen LogP contribution in [-0.4, -0.2) is 39.5 Å². The molecule has 7 heteroatoms. The van der Waals surface area contributed by atoms with E-state index >= 15 is 0 Å². The van der Waals surface area contributed by atoms with Crippen LogP contribution in [0.5, 0.6) is 0 Å². The lowest BCUT2D eigenvalue weighted by molar-refractivity contribution is 0.0177. The van der Waals surface area contributed by atoms with Gasteiger partial charge in [-0.15, -0.1) is 0 Å². The van der Waals surface area contributed by atoms with Crippen LogP contribution in [0.4, 0.5) is 14.9 Å². The van der Waals surface area contributed by atoms with Crippen molar-refractivity contribution >= 4 is 11.8 Å². The molecule has 6 nitrogen and oxygen atoms in total. The number of halogens is 1. The largest absolute Gasteiger partial charge is 0.444 e. The van der Waals surface area contributed by atoms with Crippen LogP contribution in [0.2, 0.25) is 0 Å². The molecule has 1 saturated heterocycles. The average Bonchev–Trinajstić information content (AvgIpc) is 3.05. The van der Waals surface area contributed by atoms with Gasteiger partial charge in [-0.1, -0.05) is 0 Å². The predicted molar refractivity (Wildman–Crippen MR) is 107 cm³/mol. The molecule has 1 aromatic carbocycles. The lowest BCUT2D eigenvalue weighted by Crippen LogP contribution is -2.42. The SMILES string of the molecule is Cc1cc(-c2cnn(CC3CCN(C(=O)OC(C)(C)C)CC3)c2)c(F)cc1N. The van der Waals surface area contributed by atoms with Gasteiger partial charge in [0.1, 0.15) is 11.4 Å². The first-order chi connectivity index (χ1) is 13.1. The van der Waals surface area contributed by atoms with Crippen LogP contribution in [0.3, 0.4) is 0 Å². The van der Waals surface area contributed by atoms with Crippen LogP contribution in [0.15, 0.2) is 24.5 Å². The van der Waals surface area contributed by atoms with Gasteiger partial charge in [-0.3, -0.25) is 4.68 Å². The normalized spacial score (nSPS) is 15.7. The highest BCUT2D eigenvalue weighted by atomic mass is 19.1. The number of nitrogens with zero attached hydrogens (tertiary/aromatic N) is 3. The van der Waals surface area contributed by atoms with Crippen LogP contribution < -0.4 is 5.73 Å². The van der Waals surface area contributed by atoms with Crippen molar-refractivity contribution in [3.05, 3.63) is 35.9 Å². The van der Waals surface area contributed by atoms with E-state index in [4.69, 9.17) is 10.5 Å². The molecule has 3 rings (SSSR count). The standard InChI is InChI=1S/C21H29FN4O2/c1-14-9-17(18(22)10-19(14)23)16-11-24-26(13-16)12-15-5-7-25(8-6-15)20(27)28-21(2,3)4/h9-11,13,15H,5-8,12,23H2,1-4H3. The minimum absolute atomic E-state index is 0.249. The second kappa shape index (κ2) is 7.81. The van der Waals surface area contributed by atoms with Gasteiger partial charge >= 0.3 is 6.09 Å². The summed E-state index contributed by atoms with van der Waals surface area (Å²) in [5, 5.41) is 4.40. The number of benzene rings is 1. The van der Waals surface area contributed by atoms with E-state index in [-0.39, 0.29) is 11.9 Å². The Bertz CT molecular complexity index is 849. The van der Waals surface area contributed by atoms with Gasteiger partial charge in [0.15, 0.2) is 0 Å². The molecule has 0 radical (unpaired) electrons. The second-order valence-electron chi connectivity index (χ2n) is 8.55. The summed E-state index contributed by atoms with van der Waals surface area (Å²) in [6, 6.07) is 3.11. The maximum Gasteiger partial charge on any atom is 0.410 e. The monoisotopic (exact) mass is 388 g/mol. The molecule has 1 aliphatic heterocycles. The Morgan fingerprint density at radius 2 is 2.00 bits per heavy atom. The fraction of sp³-hybridized carbons (Fsp3) is 0.524. The van der Waals surface area contributed by atoms with Crippen LogP contribution in [0.25, 0.3) is 11.1 Å². The lowest BCUT2D eigenvalue weighted by Gasteiger charge is -2.33. The number of nitrogen functional groups attached to an aromatic ring is 1. The number of aryl methyl sites for hydroxylation is 1. The number of aromatic nitrogens is 2. The fourth-order valence-corrected chi connectivity index (χ4v) is 3.41. The van der Waals surface area contributed by atoms with Gasteiger partial charge in [-0.25, -0.2) is 9.18 Å². The highest BCUT2D eigenvalue weighted by Crippen LogP contribution is 2.27. The number of piperidine rings is 1. The van der Waals surface area contributed by atoms with Crippen molar-refractivity contribution < 1.29 is 13.9 Å². The topological polar surface area (TPSA) is 73.4 Å². The van der Waals surface area contributed by atoms with Gasteiger partial charge in [0.05, 0.1) is 6.20 Å². The molecule has 2 N–H and O–H groups in total. The molecule has 1 fully saturated rings. The van der Waals surface area contributed by atoms with E-state index in [1.165, 1.54) is 6.07 Å². The average molecular weight is 388 g/mol. The summed E-state index contributed by atoms with van der Waals surface area (Å²) in [7, 11) is 0. The summed E-state index contributed by atoms with van der Waals surface area (Å²) in [4.78, 5) is 13.9. The molecule has 0 atom stereocenters. The highest BCUT2D eigenvalue weighted by molar-refractivity contribution is 5.68. The number of ether oxygens (including phenoxy) is 1. The van der Waals surface area contributed by atoms with Crippen molar-refractivity contribution in [3.63, 3.8) is 0 Å². The first kappa shape index (κ1) is 20.2. The van der Waals surface area contributed by atoms with Gasteiger partial charge in [0, 0.05) is 42.6 Å². The number of anilines is 1. The second-order valence-corrected chi connectivity index (χ2v) is 8.55. The third kappa shape index (κ3) is 4.82. The molecule has 2 aromatic rings. The fourth-order valence-electron chi connectivity index (χ4n) is 3.41. The van der Waals surface area contributed by atoms with Crippen LogP contribution in [-0.2, 0) is 11.3 Å². The maximum absolute atomic E-state index is 14.3. The molecule has 1 amide bonds. The summed E-state index contributed by atoms with van der Waals surface area (Å²) in [5.41, 5.74) is 7.84. The molecule has 2 heterocycles. The third-order valence-corrected chi connectivity index (χ3v) is 5.01. The van der Waals surface area contributed by atoms with E-state index in [9.17, 15) is 9.18 Å². The number of carbonyl (C=O) groups excluding carboxylic acids is 1. The van der Waals surface area contributed by atoms with Gasteiger partial charge in [0.2, 0.25) is 0 Å². The molecule has 0 bridgehead atoms. The molecular formula is C21H29FN4O2. The zero-order valence-electron chi connectivity index (χ0n) is 17.0. The zero-order chi connectivity index (χ0) is 20.5. The molecule has 0 saturated carbocycles. The zero-order valence-corrected chi connectivity index (χ0v) is 17.0. The highest BCUT2D eigenvalue weighted by Gasteiger charge is 2.27. The molecule has 1 aliphatic rings. The van der Waals surface area contributed by atoms with Crippen molar-refractivity contribution in [3.8, 4) is 11.1 Å². The molecule has 1 aromatic heterocycles. The number of hydrogen-bond acceptors (Lipinski definition) is 4. The Morgan fingerprint density at radius 1 is 1.32 bits per heavy atom. The van der Waals surface area contributed by atoms with Gasteiger partial charge in [-0.05, 0) is 64.2 Å². The predicted octanol–water partition coefficient (Wildman–Crippen LogP) is 4.23. The van der Waals surface area contributed by atoms with Gasteiger partial charge in [0.25, 0.3) is 0 Å². The quantitative estimate of drug-likeness (QED) is 0.799. The van der Waals surface area contributed by atoms with Crippen molar-refractivity contribution in [2.45, 2.75) is 52.7 Å². The van der Waals surface area contributed by atoms with Gasteiger partial charge in [-0.2, -0.15) is 5.10 Å². The number of hydrogen-bond donors (Lipinski definition) is 1. The maximum atomic E-state index is 14.3. The number of nitrogens with two attached hydrogens (primary N) is 1. The Hall–Kier alpha value is -2.57. The van der Waals surface area contributed by atoms with E-state index in [1.807, 2.05) is 38.6 Å². The van der Waals surface area contributed by atoms with Crippen LogP contribution in [0, 0.1) is 18.7 Å². The van der Waals surface area contributed by atoms with Crippen LogP contribution in [0.1, 0.15) is 39.2 Å². The molecule has 0 unspecified atom stereocenters. The van der Waals surface area contributed by atoms with Crippen molar-refractivity contribution in [1.82, 2.24) is 14.7 Å². The summed E-state index contributed by atoms with van der Waals surface area (Å²) in [5.74, 6) is 0.0813. The van der Waals surface area contributed by atoms with E-state index in [2.05, 4.69) is 5.10 Å². The van der Waals surface area contributed by atoms with Gasteiger partial charge < -0.3 is 15.4 Å². The molecule has 28 heavy (non-hydrogen) atoms.